The number of hydrogen-bond acceptors (Lipinski definition) is 5. The van der Waals surface area contributed by atoms with Crippen molar-refractivity contribution >= 4 is 29.6 Å². The number of thioether (sulfide) groups is 1. The van der Waals surface area contributed by atoms with E-state index in [1.165, 1.54) is 11.8 Å². The first-order valence-corrected chi connectivity index (χ1v) is 12.2. The third-order valence-electron chi connectivity index (χ3n) is 5.71. The van der Waals surface area contributed by atoms with Gasteiger partial charge in [-0.1, -0.05) is 78.3 Å². The molecule has 3 aromatic rings. The first-order valence-electron chi connectivity index (χ1n) is 11.0. The molecule has 4 rings (SSSR count). The van der Waals surface area contributed by atoms with Gasteiger partial charge in [0.1, 0.15) is 4.93 Å². The second-order valence-electron chi connectivity index (χ2n) is 8.24. The van der Waals surface area contributed by atoms with Crippen molar-refractivity contribution in [2.75, 3.05) is 6.61 Å². The van der Waals surface area contributed by atoms with Gasteiger partial charge in [0.15, 0.2) is 6.29 Å². The Labute approximate surface area is 203 Å². The Kier molecular flexibility index (Phi) is 8.23. The van der Waals surface area contributed by atoms with Gasteiger partial charge in [-0.3, -0.25) is 4.79 Å². The summed E-state index contributed by atoms with van der Waals surface area (Å²) in [5, 5.41) is 12.1. The zero-order valence-electron chi connectivity index (χ0n) is 18.2. The highest BCUT2D eigenvalue weighted by Gasteiger charge is 2.42. The molecule has 33 heavy (non-hydrogen) atoms. The van der Waals surface area contributed by atoms with Crippen molar-refractivity contribution in [3.8, 4) is 0 Å². The van der Waals surface area contributed by atoms with E-state index in [0.717, 1.165) is 17.5 Å². The molecule has 1 N–H and O–H groups in total. The summed E-state index contributed by atoms with van der Waals surface area (Å²) in [7, 11) is 0. The summed E-state index contributed by atoms with van der Waals surface area (Å²) in [6, 6.07) is 25.1. The van der Waals surface area contributed by atoms with Gasteiger partial charge >= 0.3 is 0 Å². The number of rotatable bonds is 9. The summed E-state index contributed by atoms with van der Waals surface area (Å²) in [6.45, 7) is 1.48. The van der Waals surface area contributed by atoms with Gasteiger partial charge < -0.3 is 14.6 Å². The summed E-state index contributed by atoms with van der Waals surface area (Å²) in [5.41, 5.74) is 3.22. The highest BCUT2D eigenvalue weighted by molar-refractivity contribution is 8.00. The van der Waals surface area contributed by atoms with Crippen molar-refractivity contribution in [2.45, 2.75) is 42.3 Å². The van der Waals surface area contributed by atoms with Crippen molar-refractivity contribution in [3.05, 3.63) is 106 Å². The van der Waals surface area contributed by atoms with Gasteiger partial charge in [-0.05, 0) is 35.2 Å². The van der Waals surface area contributed by atoms with Crippen LogP contribution in [0.4, 0.5) is 0 Å². The molecule has 0 bridgehead atoms. The standard InChI is InChI=1S/C27H27ClO4S/c28-26-12-11-23(13-22(26)16-29)27(30)15-24(32-18-21-9-5-2-6-10-21)14-25(33-27)19-31-17-20-7-3-1-4-8-20/h1-13,16,24-25,30H,14-15,17-19H2/t24-,25-,27?/m0/s1. The number of aliphatic hydroxyl groups is 1. The van der Waals surface area contributed by atoms with Crippen molar-refractivity contribution in [3.63, 3.8) is 0 Å². The Balaban J connectivity index is 1.48. The maximum absolute atomic E-state index is 11.7. The van der Waals surface area contributed by atoms with Gasteiger partial charge in [0.2, 0.25) is 0 Å². The maximum atomic E-state index is 11.7. The number of halogens is 1. The highest BCUT2D eigenvalue weighted by Crippen LogP contribution is 2.48. The molecular formula is C27H27ClO4S. The molecule has 0 aliphatic carbocycles. The molecule has 1 aliphatic heterocycles. The van der Waals surface area contributed by atoms with Crippen LogP contribution in [0.3, 0.4) is 0 Å². The van der Waals surface area contributed by atoms with Crippen molar-refractivity contribution in [2.24, 2.45) is 0 Å². The van der Waals surface area contributed by atoms with E-state index in [4.69, 9.17) is 21.1 Å². The first-order chi connectivity index (χ1) is 16.1. The molecule has 3 aromatic carbocycles. The molecule has 1 saturated heterocycles. The average Bonchev–Trinajstić information content (AvgIpc) is 2.84. The lowest BCUT2D eigenvalue weighted by atomic mass is 9.97. The summed E-state index contributed by atoms with van der Waals surface area (Å²) in [5.74, 6) is 0. The third-order valence-corrected chi connectivity index (χ3v) is 7.51. The first kappa shape index (κ1) is 24.0. The minimum absolute atomic E-state index is 0.0311. The molecule has 0 saturated carbocycles. The van der Waals surface area contributed by atoms with Gasteiger partial charge in [-0.2, -0.15) is 0 Å². The monoisotopic (exact) mass is 482 g/mol. The van der Waals surface area contributed by atoms with E-state index in [-0.39, 0.29) is 11.4 Å². The number of carbonyl (C=O) groups excluding carboxylic acids is 1. The van der Waals surface area contributed by atoms with Gasteiger partial charge in [0.05, 0.1) is 30.9 Å². The van der Waals surface area contributed by atoms with Crippen LogP contribution < -0.4 is 0 Å². The van der Waals surface area contributed by atoms with E-state index >= 15 is 0 Å². The van der Waals surface area contributed by atoms with E-state index in [2.05, 4.69) is 0 Å². The van der Waals surface area contributed by atoms with E-state index in [0.29, 0.717) is 48.7 Å². The smallest absolute Gasteiger partial charge is 0.151 e. The van der Waals surface area contributed by atoms with Crippen LogP contribution in [-0.2, 0) is 27.6 Å². The molecule has 1 fully saturated rings. The lowest BCUT2D eigenvalue weighted by molar-refractivity contribution is -0.0248. The molecular weight excluding hydrogens is 456 g/mol. The normalized spacial score (nSPS) is 22.7. The largest absolute Gasteiger partial charge is 0.376 e. The Morgan fingerprint density at radius 3 is 2.33 bits per heavy atom. The van der Waals surface area contributed by atoms with Crippen LogP contribution in [0.15, 0.2) is 78.9 Å². The van der Waals surface area contributed by atoms with E-state index in [1.807, 2.05) is 60.7 Å². The summed E-state index contributed by atoms with van der Waals surface area (Å²) in [6.07, 6.45) is 1.74. The molecule has 4 nitrogen and oxygen atoms in total. The lowest BCUT2D eigenvalue weighted by Gasteiger charge is -2.40. The molecule has 1 unspecified atom stereocenters. The highest BCUT2D eigenvalue weighted by atomic mass is 35.5. The fourth-order valence-corrected chi connectivity index (χ4v) is 5.75. The second kappa shape index (κ2) is 11.3. The molecule has 6 heteroatoms. The molecule has 172 valence electrons. The zero-order chi connectivity index (χ0) is 23.1. The minimum Gasteiger partial charge on any atom is -0.376 e. The van der Waals surface area contributed by atoms with Crippen LogP contribution >= 0.6 is 23.4 Å². The SMILES string of the molecule is O=Cc1cc(C2(O)C[C@@H](OCc3ccccc3)C[C@@H](COCc3ccccc3)S2)ccc1Cl. The summed E-state index contributed by atoms with van der Waals surface area (Å²) < 4.78 is 12.2. The van der Waals surface area contributed by atoms with Crippen LogP contribution in [0.1, 0.15) is 39.9 Å². The second-order valence-corrected chi connectivity index (χ2v) is 10.2. The molecule has 0 radical (unpaired) electrons. The molecule has 1 aliphatic rings. The number of hydrogen-bond donors (Lipinski definition) is 1. The Bertz CT molecular complexity index is 1050. The van der Waals surface area contributed by atoms with Crippen LogP contribution in [-0.4, -0.2) is 29.4 Å². The number of carbonyl (C=O) groups is 1. The van der Waals surface area contributed by atoms with Gasteiger partial charge in [0.25, 0.3) is 0 Å². The Morgan fingerprint density at radius 2 is 1.67 bits per heavy atom. The van der Waals surface area contributed by atoms with Gasteiger partial charge in [-0.25, -0.2) is 0 Å². The predicted molar refractivity (Wildman–Crippen MR) is 132 cm³/mol. The van der Waals surface area contributed by atoms with Gasteiger partial charge in [-0.15, -0.1) is 11.8 Å². The van der Waals surface area contributed by atoms with Gasteiger partial charge in [0, 0.05) is 17.2 Å². The topological polar surface area (TPSA) is 55.8 Å². The van der Waals surface area contributed by atoms with Crippen molar-refractivity contribution < 1.29 is 19.4 Å². The zero-order valence-corrected chi connectivity index (χ0v) is 19.8. The fourth-order valence-electron chi connectivity index (χ4n) is 4.02. The van der Waals surface area contributed by atoms with Crippen LogP contribution in [0.25, 0.3) is 0 Å². The van der Waals surface area contributed by atoms with Crippen LogP contribution in [0.5, 0.6) is 0 Å². The van der Waals surface area contributed by atoms with E-state index < -0.39 is 4.93 Å². The Hall–Kier alpha value is -2.15. The molecule has 0 aromatic heterocycles. The summed E-state index contributed by atoms with van der Waals surface area (Å²) in [4.78, 5) is 10.2. The molecule has 1 heterocycles. The Morgan fingerprint density at radius 1 is 1.00 bits per heavy atom. The molecule has 0 spiro atoms. The lowest BCUT2D eigenvalue weighted by Crippen LogP contribution is -2.39. The van der Waals surface area contributed by atoms with Crippen LogP contribution in [0.2, 0.25) is 5.02 Å². The average molecular weight is 483 g/mol. The quantitative estimate of drug-likeness (QED) is 0.379. The van der Waals surface area contributed by atoms with Crippen molar-refractivity contribution in [1.82, 2.24) is 0 Å². The fraction of sp³-hybridized carbons (Fsp3) is 0.296. The predicted octanol–water partition coefficient (Wildman–Crippen LogP) is 6.00. The number of ether oxygens (including phenoxy) is 2. The van der Waals surface area contributed by atoms with Crippen LogP contribution in [0, 0.1) is 0 Å². The number of benzene rings is 3. The van der Waals surface area contributed by atoms with Crippen molar-refractivity contribution in [1.29, 1.82) is 0 Å². The van der Waals surface area contributed by atoms with E-state index in [1.54, 1.807) is 18.2 Å². The molecule has 0 amide bonds. The number of aldehydes is 1. The maximum Gasteiger partial charge on any atom is 0.151 e. The summed E-state index contributed by atoms with van der Waals surface area (Å²) >= 11 is 7.58. The third kappa shape index (κ3) is 6.46. The van der Waals surface area contributed by atoms with E-state index in [9.17, 15) is 9.90 Å². The molecule has 3 atom stereocenters. The minimum atomic E-state index is -1.21.